The highest BCUT2D eigenvalue weighted by Gasteiger charge is 2.18. The summed E-state index contributed by atoms with van der Waals surface area (Å²) in [5.41, 5.74) is 3.61. The van der Waals surface area contributed by atoms with Crippen molar-refractivity contribution in [1.82, 2.24) is 9.88 Å². The van der Waals surface area contributed by atoms with Crippen molar-refractivity contribution < 1.29 is 14.3 Å². The quantitative estimate of drug-likeness (QED) is 0.437. The maximum absolute atomic E-state index is 13.1. The zero-order valence-corrected chi connectivity index (χ0v) is 17.8. The number of nitrogens with zero attached hydrogens (tertiary/aromatic N) is 2. The van der Waals surface area contributed by atoms with Crippen molar-refractivity contribution in [2.24, 2.45) is 0 Å². The van der Waals surface area contributed by atoms with E-state index in [0.29, 0.717) is 13.1 Å². The lowest BCUT2D eigenvalue weighted by Gasteiger charge is -2.22. The molecule has 156 valence electrons. The van der Waals surface area contributed by atoms with E-state index in [-0.39, 0.29) is 12.8 Å². The molecular weight excluding hydrogens is 410 g/mol. The van der Waals surface area contributed by atoms with E-state index in [9.17, 15) is 4.79 Å². The zero-order valence-electron chi connectivity index (χ0n) is 17.0. The van der Waals surface area contributed by atoms with Gasteiger partial charge in [0.15, 0.2) is 11.5 Å². The Hall–Kier alpha value is -3.58. The van der Waals surface area contributed by atoms with Gasteiger partial charge in [-0.2, -0.15) is 0 Å². The van der Waals surface area contributed by atoms with Gasteiger partial charge in [-0.15, -0.1) is 11.3 Å². The maximum atomic E-state index is 13.1. The molecule has 0 saturated heterocycles. The number of aromatic nitrogens is 1. The zero-order chi connectivity index (χ0) is 21.2. The molecule has 0 aliphatic carbocycles. The summed E-state index contributed by atoms with van der Waals surface area (Å²) in [4.78, 5) is 19.6. The van der Waals surface area contributed by atoms with Gasteiger partial charge in [0, 0.05) is 18.7 Å². The Morgan fingerprint density at radius 1 is 1.06 bits per heavy atom. The smallest absolute Gasteiger partial charge is 0.322 e. The van der Waals surface area contributed by atoms with Gasteiger partial charge in [-0.25, -0.2) is 9.78 Å². The molecule has 7 heteroatoms. The molecule has 2 amide bonds. The van der Waals surface area contributed by atoms with Gasteiger partial charge in [0.05, 0.1) is 15.9 Å². The Morgan fingerprint density at radius 3 is 2.74 bits per heavy atom. The summed E-state index contributed by atoms with van der Waals surface area (Å²) >= 11 is 1.62. The number of hydrogen-bond donors (Lipinski definition) is 1. The minimum atomic E-state index is -0.159. The van der Waals surface area contributed by atoms with Crippen LogP contribution in [0.15, 0.2) is 66.7 Å². The summed E-state index contributed by atoms with van der Waals surface area (Å²) in [6.07, 6.45) is 0. The van der Waals surface area contributed by atoms with Crippen LogP contribution in [0.4, 0.5) is 10.5 Å². The third-order valence-electron chi connectivity index (χ3n) is 5.17. The van der Waals surface area contributed by atoms with Crippen LogP contribution in [-0.2, 0) is 6.54 Å². The molecule has 0 radical (unpaired) electrons. The van der Waals surface area contributed by atoms with Crippen molar-refractivity contribution in [3.8, 4) is 22.1 Å². The first-order chi connectivity index (χ1) is 15.2. The van der Waals surface area contributed by atoms with Crippen LogP contribution in [0.3, 0.4) is 0 Å². The Bertz CT molecular complexity index is 1220. The molecule has 3 aromatic carbocycles. The van der Waals surface area contributed by atoms with E-state index in [1.165, 1.54) is 0 Å². The van der Waals surface area contributed by atoms with E-state index < -0.39 is 0 Å². The molecule has 0 unspecified atom stereocenters. The number of para-hydroxylation sites is 2. The number of anilines is 1. The monoisotopic (exact) mass is 431 g/mol. The molecule has 0 fully saturated rings. The molecule has 31 heavy (non-hydrogen) atoms. The van der Waals surface area contributed by atoms with Gasteiger partial charge in [-0.3, -0.25) is 0 Å². The van der Waals surface area contributed by atoms with Gasteiger partial charge in [0.1, 0.15) is 5.01 Å². The van der Waals surface area contributed by atoms with Crippen LogP contribution in [0, 0.1) is 0 Å². The van der Waals surface area contributed by atoms with E-state index in [2.05, 4.69) is 11.4 Å². The lowest BCUT2D eigenvalue weighted by molar-refractivity contribution is 0.174. The van der Waals surface area contributed by atoms with Gasteiger partial charge in [-0.1, -0.05) is 30.3 Å². The number of urea groups is 1. The average Bonchev–Trinajstić information content (AvgIpc) is 3.44. The second-order valence-corrected chi connectivity index (χ2v) is 8.19. The number of nitrogens with one attached hydrogen (secondary N) is 1. The number of benzene rings is 3. The van der Waals surface area contributed by atoms with Crippen molar-refractivity contribution in [3.63, 3.8) is 0 Å². The number of carbonyl (C=O) groups is 1. The van der Waals surface area contributed by atoms with Crippen molar-refractivity contribution in [3.05, 3.63) is 72.3 Å². The number of thiazole rings is 1. The fraction of sp³-hybridized carbons (Fsp3) is 0.167. The second kappa shape index (κ2) is 8.28. The standard InChI is InChI=1S/C24H21N3O3S/c1-2-27(14-16-11-12-20-21(13-16)30-15-29-20)24(28)26-18-8-4-3-7-17(18)23-25-19-9-5-6-10-22(19)31-23/h3-13H,2,14-15H2,1H3,(H,26,28). The fourth-order valence-corrected chi connectivity index (χ4v) is 4.55. The van der Waals surface area contributed by atoms with Crippen molar-refractivity contribution in [2.75, 3.05) is 18.7 Å². The van der Waals surface area contributed by atoms with Crippen LogP contribution in [-0.4, -0.2) is 29.3 Å². The fourth-order valence-electron chi connectivity index (χ4n) is 3.55. The first kappa shape index (κ1) is 19.4. The maximum Gasteiger partial charge on any atom is 0.322 e. The van der Waals surface area contributed by atoms with E-state index >= 15 is 0 Å². The van der Waals surface area contributed by atoms with E-state index in [4.69, 9.17) is 14.5 Å². The predicted molar refractivity (Wildman–Crippen MR) is 123 cm³/mol. The van der Waals surface area contributed by atoms with Crippen LogP contribution in [0.5, 0.6) is 11.5 Å². The molecule has 6 nitrogen and oxygen atoms in total. The molecular formula is C24H21N3O3S. The van der Waals surface area contributed by atoms with Crippen LogP contribution in [0.25, 0.3) is 20.8 Å². The Kier molecular flexibility index (Phi) is 5.18. The van der Waals surface area contributed by atoms with E-state index in [1.54, 1.807) is 16.2 Å². The number of amides is 2. The van der Waals surface area contributed by atoms with Gasteiger partial charge in [-0.05, 0) is 48.9 Å². The summed E-state index contributed by atoms with van der Waals surface area (Å²) in [5, 5.41) is 3.96. The van der Waals surface area contributed by atoms with Crippen LogP contribution < -0.4 is 14.8 Å². The Balaban J connectivity index is 1.37. The molecule has 1 aliphatic rings. The lowest BCUT2D eigenvalue weighted by atomic mass is 10.2. The molecule has 1 aromatic heterocycles. The van der Waals surface area contributed by atoms with Gasteiger partial charge < -0.3 is 19.7 Å². The lowest BCUT2D eigenvalue weighted by Crippen LogP contribution is -2.34. The second-order valence-electron chi connectivity index (χ2n) is 7.16. The molecule has 4 aromatic rings. The highest BCUT2D eigenvalue weighted by atomic mass is 32.1. The summed E-state index contributed by atoms with van der Waals surface area (Å²) in [5.74, 6) is 1.45. The first-order valence-electron chi connectivity index (χ1n) is 10.1. The number of carbonyl (C=O) groups excluding carboxylic acids is 1. The third kappa shape index (κ3) is 3.92. The molecule has 1 aliphatic heterocycles. The molecule has 5 rings (SSSR count). The molecule has 0 saturated carbocycles. The van der Waals surface area contributed by atoms with Crippen molar-refractivity contribution >= 4 is 33.3 Å². The largest absolute Gasteiger partial charge is 0.454 e. The van der Waals surface area contributed by atoms with Crippen molar-refractivity contribution in [1.29, 1.82) is 0 Å². The van der Waals surface area contributed by atoms with Crippen LogP contribution in [0.2, 0.25) is 0 Å². The minimum absolute atomic E-state index is 0.159. The van der Waals surface area contributed by atoms with E-state index in [1.807, 2.05) is 67.6 Å². The summed E-state index contributed by atoms with van der Waals surface area (Å²) < 4.78 is 11.9. The third-order valence-corrected chi connectivity index (χ3v) is 6.24. The number of ether oxygens (including phenoxy) is 2. The highest BCUT2D eigenvalue weighted by Crippen LogP contribution is 2.35. The number of rotatable bonds is 5. The van der Waals surface area contributed by atoms with Gasteiger partial charge in [0.25, 0.3) is 0 Å². The molecule has 0 bridgehead atoms. The molecule has 0 atom stereocenters. The van der Waals surface area contributed by atoms with Gasteiger partial charge >= 0.3 is 6.03 Å². The topological polar surface area (TPSA) is 63.7 Å². The predicted octanol–water partition coefficient (Wildman–Crippen LogP) is 5.75. The Labute approximate surface area is 184 Å². The summed E-state index contributed by atoms with van der Waals surface area (Å²) in [6.45, 7) is 3.25. The molecule has 0 spiro atoms. The summed E-state index contributed by atoms with van der Waals surface area (Å²) in [7, 11) is 0. The summed E-state index contributed by atoms with van der Waals surface area (Å²) in [6, 6.07) is 21.4. The van der Waals surface area contributed by atoms with Crippen LogP contribution in [0.1, 0.15) is 12.5 Å². The van der Waals surface area contributed by atoms with Crippen LogP contribution >= 0.6 is 11.3 Å². The molecule has 2 heterocycles. The number of fused-ring (bicyclic) bond motifs is 2. The first-order valence-corrected chi connectivity index (χ1v) is 10.9. The molecule has 1 N–H and O–H groups in total. The Morgan fingerprint density at radius 2 is 1.87 bits per heavy atom. The number of hydrogen-bond acceptors (Lipinski definition) is 5. The SMILES string of the molecule is CCN(Cc1ccc2c(c1)OCO2)C(=O)Nc1ccccc1-c1nc2ccccc2s1. The van der Waals surface area contributed by atoms with Crippen molar-refractivity contribution in [2.45, 2.75) is 13.5 Å². The van der Waals surface area contributed by atoms with Gasteiger partial charge in [0.2, 0.25) is 6.79 Å². The minimum Gasteiger partial charge on any atom is -0.454 e. The van der Waals surface area contributed by atoms with E-state index in [0.717, 1.165) is 43.5 Å². The normalized spacial score (nSPS) is 12.2. The average molecular weight is 432 g/mol. The highest BCUT2D eigenvalue weighted by molar-refractivity contribution is 7.21.